The highest BCUT2D eigenvalue weighted by atomic mass is 32.2. The quantitative estimate of drug-likeness (QED) is 0.611. The lowest BCUT2D eigenvalue weighted by molar-refractivity contribution is -0.116. The first kappa shape index (κ1) is 23.8. The zero-order valence-corrected chi connectivity index (χ0v) is 19.4. The molecule has 1 heterocycles. The molecule has 2 aromatic carbocycles. The fourth-order valence-corrected chi connectivity index (χ4v) is 5.09. The number of carbonyl (C=O) groups is 1. The summed E-state index contributed by atoms with van der Waals surface area (Å²) in [6.07, 6.45) is 7.03. The summed E-state index contributed by atoms with van der Waals surface area (Å²) < 4.78 is 37.8. The van der Waals surface area contributed by atoms with E-state index in [4.69, 9.17) is 9.47 Å². The molecule has 1 fully saturated rings. The summed E-state index contributed by atoms with van der Waals surface area (Å²) in [6, 6.07) is 12.0. The highest BCUT2D eigenvalue weighted by Crippen LogP contribution is 2.23. The van der Waals surface area contributed by atoms with Crippen LogP contribution in [0.4, 0.5) is 0 Å². The minimum Gasteiger partial charge on any atom is -0.497 e. The Morgan fingerprint density at radius 2 is 1.56 bits per heavy atom. The Morgan fingerprint density at radius 3 is 2.12 bits per heavy atom. The molecule has 0 unspecified atom stereocenters. The van der Waals surface area contributed by atoms with Gasteiger partial charge in [-0.05, 0) is 54.3 Å². The van der Waals surface area contributed by atoms with Gasteiger partial charge in [0.2, 0.25) is 15.9 Å². The Balaban J connectivity index is 1.59. The van der Waals surface area contributed by atoms with Crippen molar-refractivity contribution in [2.45, 2.75) is 37.1 Å². The zero-order chi connectivity index (χ0) is 23.0. The molecule has 1 N–H and O–H groups in total. The van der Waals surface area contributed by atoms with Crippen molar-refractivity contribution < 1.29 is 22.7 Å². The molecular weight excluding hydrogens is 428 g/mol. The number of ether oxygens (including phenoxy) is 2. The topological polar surface area (TPSA) is 84.9 Å². The predicted octanol–water partition coefficient (Wildman–Crippen LogP) is 3.60. The second kappa shape index (κ2) is 11.2. The minimum atomic E-state index is -3.47. The van der Waals surface area contributed by atoms with E-state index < -0.39 is 10.0 Å². The number of benzene rings is 2. The number of sulfonamides is 1. The molecule has 0 aliphatic carbocycles. The number of methoxy groups -OCH3 is 2. The Labute approximate surface area is 190 Å². The van der Waals surface area contributed by atoms with Crippen LogP contribution in [0.3, 0.4) is 0 Å². The summed E-state index contributed by atoms with van der Waals surface area (Å²) >= 11 is 0. The molecule has 0 saturated carbocycles. The highest BCUT2D eigenvalue weighted by Gasteiger charge is 2.24. The van der Waals surface area contributed by atoms with E-state index in [1.807, 2.05) is 12.1 Å². The van der Waals surface area contributed by atoms with E-state index in [-0.39, 0.29) is 10.8 Å². The first-order valence-corrected chi connectivity index (χ1v) is 12.1. The second-order valence-corrected chi connectivity index (χ2v) is 9.60. The van der Waals surface area contributed by atoms with Crippen molar-refractivity contribution in [3.05, 3.63) is 59.7 Å². The van der Waals surface area contributed by atoms with Gasteiger partial charge in [-0.1, -0.05) is 25.0 Å². The third kappa shape index (κ3) is 6.34. The molecule has 0 spiro atoms. The van der Waals surface area contributed by atoms with Crippen molar-refractivity contribution in [1.82, 2.24) is 9.62 Å². The van der Waals surface area contributed by atoms with Crippen LogP contribution in [-0.4, -0.2) is 45.9 Å². The normalized spacial score (nSPS) is 15.3. The van der Waals surface area contributed by atoms with Crippen LogP contribution in [0.1, 0.15) is 36.8 Å². The van der Waals surface area contributed by atoms with Crippen molar-refractivity contribution >= 4 is 22.0 Å². The summed E-state index contributed by atoms with van der Waals surface area (Å²) in [5.41, 5.74) is 1.60. The van der Waals surface area contributed by atoms with Gasteiger partial charge >= 0.3 is 0 Å². The van der Waals surface area contributed by atoms with Crippen LogP contribution in [0.2, 0.25) is 0 Å². The summed E-state index contributed by atoms with van der Waals surface area (Å²) in [5, 5.41) is 2.82. The largest absolute Gasteiger partial charge is 0.497 e. The standard InChI is InChI=1S/C24H30N2O5S/c1-30-21-15-20(16-22(17-21)31-2)18-25-24(27)12-9-19-7-10-23(11-8-19)32(28,29)26-13-5-3-4-6-14-26/h7-12,15-17H,3-6,13-14,18H2,1-2H3,(H,25,27)/b12-9+. The highest BCUT2D eigenvalue weighted by molar-refractivity contribution is 7.89. The van der Waals surface area contributed by atoms with Crippen LogP contribution in [0.5, 0.6) is 11.5 Å². The monoisotopic (exact) mass is 458 g/mol. The van der Waals surface area contributed by atoms with Gasteiger partial charge in [0.05, 0.1) is 19.1 Å². The number of carbonyl (C=O) groups excluding carboxylic acids is 1. The zero-order valence-electron chi connectivity index (χ0n) is 18.5. The second-order valence-electron chi connectivity index (χ2n) is 7.66. The summed E-state index contributed by atoms with van der Waals surface area (Å²) in [7, 11) is -0.327. The van der Waals surface area contributed by atoms with Gasteiger partial charge in [-0.3, -0.25) is 4.79 Å². The molecule has 0 aromatic heterocycles. The van der Waals surface area contributed by atoms with Gasteiger partial charge in [-0.15, -0.1) is 0 Å². The molecule has 8 heteroatoms. The van der Waals surface area contributed by atoms with E-state index >= 15 is 0 Å². The Morgan fingerprint density at radius 1 is 0.969 bits per heavy atom. The van der Waals surface area contributed by atoms with E-state index in [1.165, 1.54) is 6.08 Å². The average Bonchev–Trinajstić information content (AvgIpc) is 3.11. The van der Waals surface area contributed by atoms with E-state index in [9.17, 15) is 13.2 Å². The molecule has 1 aliphatic heterocycles. The number of hydrogen-bond acceptors (Lipinski definition) is 5. The first-order chi connectivity index (χ1) is 15.4. The van der Waals surface area contributed by atoms with E-state index in [0.29, 0.717) is 31.1 Å². The lowest BCUT2D eigenvalue weighted by Gasteiger charge is -2.19. The van der Waals surface area contributed by atoms with Crippen LogP contribution in [0.25, 0.3) is 6.08 Å². The van der Waals surface area contributed by atoms with Crippen LogP contribution < -0.4 is 14.8 Å². The van der Waals surface area contributed by atoms with Crippen LogP contribution in [0, 0.1) is 0 Å². The molecule has 0 radical (unpaired) electrons. The molecule has 0 bridgehead atoms. The van der Waals surface area contributed by atoms with Gasteiger partial charge in [-0.25, -0.2) is 8.42 Å². The lowest BCUT2D eigenvalue weighted by atomic mass is 10.2. The van der Waals surface area contributed by atoms with Gasteiger partial charge in [-0.2, -0.15) is 4.31 Å². The van der Waals surface area contributed by atoms with E-state index in [0.717, 1.165) is 36.8 Å². The number of nitrogens with one attached hydrogen (secondary N) is 1. The molecule has 1 aliphatic rings. The smallest absolute Gasteiger partial charge is 0.244 e. The predicted molar refractivity (Wildman–Crippen MR) is 124 cm³/mol. The minimum absolute atomic E-state index is 0.256. The molecular formula is C24H30N2O5S. The van der Waals surface area contributed by atoms with Gasteiger partial charge in [0.15, 0.2) is 0 Å². The van der Waals surface area contributed by atoms with Crippen molar-refractivity contribution in [3.63, 3.8) is 0 Å². The number of nitrogens with zero attached hydrogens (tertiary/aromatic N) is 1. The van der Waals surface area contributed by atoms with Gasteiger partial charge < -0.3 is 14.8 Å². The molecule has 172 valence electrons. The molecule has 0 atom stereocenters. The third-order valence-electron chi connectivity index (χ3n) is 5.39. The molecule has 3 rings (SSSR count). The van der Waals surface area contributed by atoms with Crippen molar-refractivity contribution in [2.75, 3.05) is 27.3 Å². The molecule has 1 amide bonds. The number of rotatable bonds is 8. The summed E-state index contributed by atoms with van der Waals surface area (Å²) in [4.78, 5) is 12.5. The molecule has 7 nitrogen and oxygen atoms in total. The molecule has 1 saturated heterocycles. The fourth-order valence-electron chi connectivity index (χ4n) is 3.57. The van der Waals surface area contributed by atoms with Gasteiger partial charge in [0.25, 0.3) is 0 Å². The van der Waals surface area contributed by atoms with Crippen LogP contribution in [-0.2, 0) is 21.4 Å². The van der Waals surface area contributed by atoms with Gasteiger partial charge in [0.1, 0.15) is 11.5 Å². The lowest BCUT2D eigenvalue weighted by Crippen LogP contribution is -2.31. The number of hydrogen-bond donors (Lipinski definition) is 1. The van der Waals surface area contributed by atoms with E-state index in [2.05, 4.69) is 5.32 Å². The van der Waals surface area contributed by atoms with Crippen molar-refractivity contribution in [1.29, 1.82) is 0 Å². The van der Waals surface area contributed by atoms with Crippen molar-refractivity contribution in [2.24, 2.45) is 0 Å². The number of amides is 1. The molecule has 32 heavy (non-hydrogen) atoms. The van der Waals surface area contributed by atoms with Crippen LogP contribution in [0.15, 0.2) is 53.4 Å². The fraction of sp³-hybridized carbons (Fsp3) is 0.375. The maximum atomic E-state index is 12.9. The van der Waals surface area contributed by atoms with Crippen LogP contribution >= 0.6 is 0 Å². The van der Waals surface area contributed by atoms with Crippen molar-refractivity contribution in [3.8, 4) is 11.5 Å². The maximum Gasteiger partial charge on any atom is 0.244 e. The summed E-state index contributed by atoms with van der Waals surface area (Å²) in [6.45, 7) is 1.47. The summed E-state index contributed by atoms with van der Waals surface area (Å²) in [5.74, 6) is 1.05. The first-order valence-electron chi connectivity index (χ1n) is 10.7. The van der Waals surface area contributed by atoms with Gasteiger partial charge in [0, 0.05) is 31.8 Å². The Bertz CT molecular complexity index is 1020. The molecule has 2 aromatic rings. The SMILES string of the molecule is COc1cc(CNC(=O)/C=C/c2ccc(S(=O)(=O)N3CCCCCC3)cc2)cc(OC)c1. The Kier molecular flexibility index (Phi) is 8.30. The maximum absolute atomic E-state index is 12.9. The third-order valence-corrected chi connectivity index (χ3v) is 7.30. The van der Waals surface area contributed by atoms with E-state index in [1.54, 1.807) is 54.9 Å². The Hall–Kier alpha value is -2.84. The average molecular weight is 459 g/mol.